The average molecular weight is 267 g/mol. The van der Waals surface area contributed by atoms with E-state index in [9.17, 15) is 5.11 Å². The molecule has 1 N–H and O–H groups in total. The topological polar surface area (TPSA) is 42.4 Å². The lowest BCUT2D eigenvalue weighted by Gasteiger charge is -2.19. The number of nitrogens with zero attached hydrogens (tertiary/aromatic N) is 1. The van der Waals surface area contributed by atoms with Crippen LogP contribution < -0.4 is 4.74 Å². The van der Waals surface area contributed by atoms with Gasteiger partial charge in [-0.05, 0) is 37.7 Å². The highest BCUT2D eigenvalue weighted by atomic mass is 32.2. The number of aromatic nitrogens is 1. The molecule has 0 bridgehead atoms. The lowest BCUT2D eigenvalue weighted by Crippen LogP contribution is -2.23. The fourth-order valence-electron chi connectivity index (χ4n) is 2.50. The van der Waals surface area contributed by atoms with Gasteiger partial charge >= 0.3 is 0 Å². The number of aliphatic hydroxyl groups is 1. The average Bonchev–Trinajstić information content (AvgIpc) is 2.87. The van der Waals surface area contributed by atoms with Gasteiger partial charge in [0.05, 0.1) is 13.2 Å². The monoisotopic (exact) mass is 267 g/mol. The smallest absolute Gasteiger partial charge is 0.128 e. The highest BCUT2D eigenvalue weighted by Gasteiger charge is 2.25. The maximum absolute atomic E-state index is 10.3. The molecule has 0 saturated carbocycles. The molecular weight excluding hydrogens is 246 g/mol. The van der Waals surface area contributed by atoms with Gasteiger partial charge in [0.2, 0.25) is 0 Å². The van der Waals surface area contributed by atoms with Crippen molar-refractivity contribution in [2.75, 3.05) is 18.6 Å². The summed E-state index contributed by atoms with van der Waals surface area (Å²) < 4.78 is 5.40. The van der Waals surface area contributed by atoms with Crippen molar-refractivity contribution in [3.8, 4) is 5.75 Å². The van der Waals surface area contributed by atoms with Gasteiger partial charge in [-0.2, -0.15) is 11.8 Å². The van der Waals surface area contributed by atoms with Gasteiger partial charge < -0.3 is 9.84 Å². The van der Waals surface area contributed by atoms with Gasteiger partial charge in [-0.25, -0.2) is 0 Å². The van der Waals surface area contributed by atoms with E-state index in [1.165, 1.54) is 5.75 Å². The molecule has 18 heavy (non-hydrogen) atoms. The third-order valence-corrected chi connectivity index (χ3v) is 4.85. The van der Waals surface area contributed by atoms with E-state index in [1.54, 1.807) is 7.11 Å². The van der Waals surface area contributed by atoms with Crippen LogP contribution in [-0.4, -0.2) is 34.8 Å². The zero-order valence-corrected chi connectivity index (χ0v) is 12.1. The first kappa shape index (κ1) is 13.7. The molecule has 1 aliphatic rings. The Hall–Kier alpha value is -0.740. The van der Waals surface area contributed by atoms with E-state index >= 15 is 0 Å². The Morgan fingerprint density at radius 2 is 2.33 bits per heavy atom. The zero-order valence-electron chi connectivity index (χ0n) is 11.3. The lowest BCUT2D eigenvalue weighted by atomic mass is 9.96. The van der Waals surface area contributed by atoms with E-state index < -0.39 is 0 Å². The zero-order chi connectivity index (χ0) is 13.1. The van der Waals surface area contributed by atoms with E-state index in [4.69, 9.17) is 4.74 Å². The van der Waals surface area contributed by atoms with Gasteiger partial charge in [-0.1, -0.05) is 0 Å². The van der Waals surface area contributed by atoms with Gasteiger partial charge in [0, 0.05) is 29.4 Å². The second kappa shape index (κ2) is 5.93. The molecule has 0 radical (unpaired) electrons. The fourth-order valence-corrected chi connectivity index (χ4v) is 3.83. The highest BCUT2D eigenvalue weighted by molar-refractivity contribution is 7.99. The highest BCUT2D eigenvalue weighted by Crippen LogP contribution is 2.30. The number of ether oxygens (including phenoxy) is 1. The van der Waals surface area contributed by atoms with E-state index in [1.807, 2.05) is 31.8 Å². The van der Waals surface area contributed by atoms with Crippen LogP contribution in [0.3, 0.4) is 0 Å². The molecule has 0 spiro atoms. The summed E-state index contributed by atoms with van der Waals surface area (Å²) in [6, 6.07) is 0. The van der Waals surface area contributed by atoms with Crippen molar-refractivity contribution < 1.29 is 9.84 Å². The summed E-state index contributed by atoms with van der Waals surface area (Å²) in [5, 5.41) is 10.3. The number of rotatable bonds is 4. The maximum atomic E-state index is 10.3. The Morgan fingerprint density at radius 1 is 1.56 bits per heavy atom. The van der Waals surface area contributed by atoms with Crippen LogP contribution >= 0.6 is 11.8 Å². The molecule has 0 aromatic carbocycles. The molecule has 1 fully saturated rings. The van der Waals surface area contributed by atoms with Crippen molar-refractivity contribution in [2.24, 2.45) is 5.92 Å². The molecule has 0 aliphatic carbocycles. The van der Waals surface area contributed by atoms with Crippen molar-refractivity contribution in [1.29, 1.82) is 0 Å². The minimum Gasteiger partial charge on any atom is -0.496 e. The van der Waals surface area contributed by atoms with Crippen LogP contribution in [0, 0.1) is 19.8 Å². The Kier molecular flexibility index (Phi) is 4.51. The van der Waals surface area contributed by atoms with Crippen LogP contribution in [0.1, 0.15) is 23.2 Å². The van der Waals surface area contributed by atoms with Crippen molar-refractivity contribution >= 4 is 11.8 Å². The lowest BCUT2D eigenvalue weighted by molar-refractivity contribution is 0.119. The van der Waals surface area contributed by atoms with Crippen molar-refractivity contribution in [3.63, 3.8) is 0 Å². The summed E-state index contributed by atoms with van der Waals surface area (Å²) in [7, 11) is 1.68. The van der Waals surface area contributed by atoms with Crippen molar-refractivity contribution in [2.45, 2.75) is 32.8 Å². The summed E-state index contributed by atoms with van der Waals surface area (Å²) in [5.41, 5.74) is 3.06. The minimum absolute atomic E-state index is 0.279. The van der Waals surface area contributed by atoms with Crippen LogP contribution in [0.2, 0.25) is 0 Å². The Balaban J connectivity index is 2.13. The molecule has 1 aromatic rings. The molecular formula is C14H21NO2S. The summed E-state index contributed by atoms with van der Waals surface area (Å²) in [5.74, 6) is 3.56. The third kappa shape index (κ3) is 2.81. The second-order valence-electron chi connectivity index (χ2n) is 4.94. The summed E-state index contributed by atoms with van der Waals surface area (Å²) >= 11 is 1.93. The van der Waals surface area contributed by atoms with Crippen LogP contribution in [0.25, 0.3) is 0 Å². The SMILES string of the molecule is COc1c(C)cnc(CC(O)C2CCSC2)c1C. The van der Waals surface area contributed by atoms with Gasteiger partial charge in [-0.3, -0.25) is 4.98 Å². The summed E-state index contributed by atoms with van der Waals surface area (Å²) in [6.07, 6.45) is 3.30. The van der Waals surface area contributed by atoms with Crippen molar-refractivity contribution in [1.82, 2.24) is 4.98 Å². The van der Waals surface area contributed by atoms with Gasteiger partial charge in [0.25, 0.3) is 0 Å². The van der Waals surface area contributed by atoms with Gasteiger partial charge in [-0.15, -0.1) is 0 Å². The molecule has 4 heteroatoms. The Labute approximate surface area is 113 Å². The van der Waals surface area contributed by atoms with Crippen LogP contribution in [0.15, 0.2) is 6.20 Å². The molecule has 2 rings (SSSR count). The first-order chi connectivity index (χ1) is 8.63. The van der Waals surface area contributed by atoms with Gasteiger partial charge in [0.1, 0.15) is 5.75 Å². The minimum atomic E-state index is -0.279. The number of aliphatic hydroxyl groups excluding tert-OH is 1. The summed E-state index contributed by atoms with van der Waals surface area (Å²) in [4.78, 5) is 4.45. The van der Waals surface area contributed by atoms with Crippen LogP contribution in [-0.2, 0) is 6.42 Å². The quantitative estimate of drug-likeness (QED) is 0.909. The molecule has 2 unspecified atom stereocenters. The Bertz CT molecular complexity index is 417. The Morgan fingerprint density at radius 3 is 2.94 bits per heavy atom. The van der Waals surface area contributed by atoms with Crippen LogP contribution in [0.4, 0.5) is 0 Å². The van der Waals surface area contributed by atoms with Crippen LogP contribution in [0.5, 0.6) is 5.75 Å². The summed E-state index contributed by atoms with van der Waals surface area (Å²) in [6.45, 7) is 4.01. The number of hydrogen-bond donors (Lipinski definition) is 1. The van der Waals surface area contributed by atoms with E-state index in [2.05, 4.69) is 4.98 Å². The number of methoxy groups -OCH3 is 1. The molecule has 1 aliphatic heterocycles. The van der Waals surface area contributed by atoms with Crippen molar-refractivity contribution in [3.05, 3.63) is 23.0 Å². The molecule has 1 aromatic heterocycles. The predicted molar refractivity (Wildman–Crippen MR) is 75.4 cm³/mol. The number of hydrogen-bond acceptors (Lipinski definition) is 4. The number of pyridine rings is 1. The first-order valence-electron chi connectivity index (χ1n) is 6.38. The normalized spacial score (nSPS) is 21.0. The largest absolute Gasteiger partial charge is 0.496 e. The molecule has 2 heterocycles. The van der Waals surface area contributed by atoms with Gasteiger partial charge in [0.15, 0.2) is 0 Å². The number of thioether (sulfide) groups is 1. The predicted octanol–water partition coefficient (Wildman–Crippen LogP) is 2.36. The molecule has 1 saturated heterocycles. The molecule has 3 nitrogen and oxygen atoms in total. The second-order valence-corrected chi connectivity index (χ2v) is 6.09. The molecule has 0 amide bonds. The standard InChI is InChI=1S/C14H21NO2S/c1-9-7-15-12(10(2)14(9)17-3)6-13(16)11-4-5-18-8-11/h7,11,13,16H,4-6,8H2,1-3H3. The first-order valence-corrected chi connectivity index (χ1v) is 7.53. The van der Waals surface area contributed by atoms with E-state index in [-0.39, 0.29) is 6.10 Å². The van der Waals surface area contributed by atoms with E-state index in [0.717, 1.165) is 34.7 Å². The fraction of sp³-hybridized carbons (Fsp3) is 0.643. The van der Waals surface area contributed by atoms with E-state index in [0.29, 0.717) is 12.3 Å². The third-order valence-electron chi connectivity index (χ3n) is 3.66. The number of aryl methyl sites for hydroxylation is 1. The molecule has 100 valence electrons. The maximum Gasteiger partial charge on any atom is 0.128 e. The molecule has 2 atom stereocenters.